The lowest BCUT2D eigenvalue weighted by molar-refractivity contribution is -0.151. The van der Waals surface area contributed by atoms with E-state index in [0.717, 1.165) is 10.1 Å². The second kappa shape index (κ2) is 7.34. The Bertz CT molecular complexity index is 1030. The van der Waals surface area contributed by atoms with E-state index in [2.05, 4.69) is 20.4 Å². The Labute approximate surface area is 164 Å². The molecular formula is C19H20F3N5O2. The summed E-state index contributed by atoms with van der Waals surface area (Å²) in [4.78, 5) is 20.0. The number of carbonyl (C=O) groups excluding carboxylic acids is 1. The van der Waals surface area contributed by atoms with Crippen LogP contribution in [-0.4, -0.2) is 32.7 Å². The first-order chi connectivity index (χ1) is 13.5. The van der Waals surface area contributed by atoms with Gasteiger partial charge in [-0.3, -0.25) is 4.79 Å². The zero-order chi connectivity index (χ0) is 21.4. The van der Waals surface area contributed by atoms with E-state index in [4.69, 9.17) is 4.74 Å². The molecule has 1 N–H and O–H groups in total. The van der Waals surface area contributed by atoms with Gasteiger partial charge in [-0.15, -0.1) is 5.10 Å². The van der Waals surface area contributed by atoms with Crippen molar-refractivity contribution in [1.29, 1.82) is 0 Å². The van der Waals surface area contributed by atoms with Crippen molar-refractivity contribution in [3.05, 3.63) is 53.5 Å². The molecule has 0 aliphatic rings. The Morgan fingerprint density at radius 1 is 1.17 bits per heavy atom. The Hall–Kier alpha value is -3.17. The Morgan fingerprint density at radius 3 is 2.41 bits per heavy atom. The van der Waals surface area contributed by atoms with Gasteiger partial charge in [0.05, 0.1) is 18.6 Å². The van der Waals surface area contributed by atoms with Crippen LogP contribution in [0.4, 0.5) is 19.0 Å². The molecule has 10 heteroatoms. The van der Waals surface area contributed by atoms with E-state index < -0.39 is 29.4 Å². The summed E-state index contributed by atoms with van der Waals surface area (Å²) >= 11 is 0. The van der Waals surface area contributed by atoms with E-state index in [-0.39, 0.29) is 11.6 Å². The van der Waals surface area contributed by atoms with E-state index in [1.54, 1.807) is 26.8 Å². The van der Waals surface area contributed by atoms with Gasteiger partial charge in [0, 0.05) is 11.8 Å². The molecule has 2 heterocycles. The number of benzene rings is 1. The van der Waals surface area contributed by atoms with Crippen LogP contribution in [0.3, 0.4) is 0 Å². The molecule has 0 saturated heterocycles. The van der Waals surface area contributed by atoms with Crippen LogP contribution in [0.5, 0.6) is 0 Å². The standard InChI is InChI=1S/C19H20F3N5O2/c1-11-10-13(27-17(23-11)25-15(26-27)19(20,21)22)24-14(12-8-6-5-7-9-12)18(2,3)16(28)29-4/h5-10,14,24H,1-4H3/t14-/m0/s1. The van der Waals surface area contributed by atoms with Gasteiger partial charge in [-0.1, -0.05) is 30.3 Å². The molecule has 0 fully saturated rings. The van der Waals surface area contributed by atoms with Crippen LogP contribution in [0.2, 0.25) is 0 Å². The van der Waals surface area contributed by atoms with E-state index >= 15 is 0 Å². The maximum absolute atomic E-state index is 13.1. The molecule has 0 unspecified atom stereocenters. The fourth-order valence-electron chi connectivity index (χ4n) is 3.06. The second-order valence-electron chi connectivity index (χ2n) is 7.13. The maximum Gasteiger partial charge on any atom is 0.453 e. The number of carbonyl (C=O) groups is 1. The minimum Gasteiger partial charge on any atom is -0.469 e. The predicted molar refractivity (Wildman–Crippen MR) is 99.1 cm³/mol. The smallest absolute Gasteiger partial charge is 0.453 e. The molecule has 0 bridgehead atoms. The average Bonchev–Trinajstić information content (AvgIpc) is 3.10. The molecule has 0 aliphatic carbocycles. The summed E-state index contributed by atoms with van der Waals surface area (Å²) in [5, 5.41) is 6.71. The SMILES string of the molecule is COC(=O)C(C)(C)[C@@H](Nc1cc(C)nc2nc(C(F)(F)F)nn12)c1ccccc1. The Kier molecular flexibility index (Phi) is 5.20. The molecule has 0 spiro atoms. The number of nitrogens with zero attached hydrogens (tertiary/aromatic N) is 4. The minimum absolute atomic E-state index is 0.192. The number of anilines is 1. The van der Waals surface area contributed by atoms with Crippen molar-refractivity contribution in [2.75, 3.05) is 12.4 Å². The first kappa shape index (κ1) is 20.6. The highest BCUT2D eigenvalue weighted by atomic mass is 19.4. The fraction of sp³-hybridized carbons (Fsp3) is 0.368. The quantitative estimate of drug-likeness (QED) is 0.648. The van der Waals surface area contributed by atoms with Crippen LogP contribution < -0.4 is 5.32 Å². The molecule has 0 aliphatic heterocycles. The summed E-state index contributed by atoms with van der Waals surface area (Å²) in [6, 6.07) is 9.99. The van der Waals surface area contributed by atoms with E-state index in [9.17, 15) is 18.0 Å². The zero-order valence-electron chi connectivity index (χ0n) is 16.3. The zero-order valence-corrected chi connectivity index (χ0v) is 16.3. The molecular weight excluding hydrogens is 387 g/mol. The Morgan fingerprint density at radius 2 is 1.83 bits per heavy atom. The molecule has 29 heavy (non-hydrogen) atoms. The van der Waals surface area contributed by atoms with Crippen LogP contribution in [0.15, 0.2) is 36.4 Å². The molecule has 7 nitrogen and oxygen atoms in total. The number of esters is 1. The van der Waals surface area contributed by atoms with Crippen LogP contribution >= 0.6 is 0 Å². The highest BCUT2D eigenvalue weighted by Gasteiger charge is 2.40. The summed E-state index contributed by atoms with van der Waals surface area (Å²) in [7, 11) is 1.29. The van der Waals surface area contributed by atoms with Crippen molar-refractivity contribution in [1.82, 2.24) is 19.6 Å². The van der Waals surface area contributed by atoms with Gasteiger partial charge in [-0.2, -0.15) is 22.7 Å². The molecule has 3 rings (SSSR count). The minimum atomic E-state index is -4.71. The van der Waals surface area contributed by atoms with Crippen LogP contribution in [-0.2, 0) is 15.7 Å². The summed E-state index contributed by atoms with van der Waals surface area (Å²) in [6.45, 7) is 5.02. The number of ether oxygens (including phenoxy) is 1. The number of aryl methyl sites for hydroxylation is 1. The largest absolute Gasteiger partial charge is 0.469 e. The van der Waals surface area contributed by atoms with Gasteiger partial charge in [-0.05, 0) is 26.3 Å². The van der Waals surface area contributed by atoms with Crippen LogP contribution in [0.25, 0.3) is 5.78 Å². The van der Waals surface area contributed by atoms with Gasteiger partial charge in [0.15, 0.2) is 0 Å². The van der Waals surface area contributed by atoms with Gasteiger partial charge in [0.2, 0.25) is 0 Å². The molecule has 1 atom stereocenters. The van der Waals surface area contributed by atoms with Crippen molar-refractivity contribution in [3.63, 3.8) is 0 Å². The lowest BCUT2D eigenvalue weighted by atomic mass is 9.80. The van der Waals surface area contributed by atoms with Crippen LogP contribution in [0.1, 0.15) is 37.0 Å². The van der Waals surface area contributed by atoms with Crippen LogP contribution in [0, 0.1) is 12.3 Å². The van der Waals surface area contributed by atoms with E-state index in [1.807, 2.05) is 30.3 Å². The van der Waals surface area contributed by atoms with Crippen molar-refractivity contribution < 1.29 is 22.7 Å². The van der Waals surface area contributed by atoms with E-state index in [0.29, 0.717) is 5.69 Å². The van der Waals surface area contributed by atoms with Gasteiger partial charge in [0.1, 0.15) is 5.82 Å². The molecule has 0 radical (unpaired) electrons. The molecule has 3 aromatic rings. The number of nitrogens with one attached hydrogen (secondary N) is 1. The summed E-state index contributed by atoms with van der Waals surface area (Å²) in [5.41, 5.74) is 0.151. The fourth-order valence-corrected chi connectivity index (χ4v) is 3.06. The monoisotopic (exact) mass is 407 g/mol. The third-order valence-corrected chi connectivity index (χ3v) is 4.55. The average molecular weight is 407 g/mol. The van der Waals surface area contributed by atoms with Crippen molar-refractivity contribution in [2.45, 2.75) is 33.0 Å². The van der Waals surface area contributed by atoms with Gasteiger partial charge >= 0.3 is 12.1 Å². The number of alkyl halides is 3. The first-order valence-electron chi connectivity index (χ1n) is 8.75. The van der Waals surface area contributed by atoms with E-state index in [1.165, 1.54) is 7.11 Å². The summed E-state index contributed by atoms with van der Waals surface area (Å²) < 4.78 is 45.2. The van der Waals surface area contributed by atoms with Crippen molar-refractivity contribution in [3.8, 4) is 0 Å². The maximum atomic E-state index is 13.1. The highest BCUT2D eigenvalue weighted by molar-refractivity contribution is 5.78. The molecule has 0 saturated carbocycles. The number of fused-ring (bicyclic) bond motifs is 1. The third-order valence-electron chi connectivity index (χ3n) is 4.55. The lowest BCUT2D eigenvalue weighted by Crippen LogP contribution is -2.37. The number of halogens is 3. The molecule has 2 aromatic heterocycles. The van der Waals surface area contributed by atoms with Gasteiger partial charge < -0.3 is 10.1 Å². The Balaban J connectivity index is 2.14. The summed E-state index contributed by atoms with van der Waals surface area (Å²) in [5.74, 6) is -1.73. The highest BCUT2D eigenvalue weighted by Crippen LogP contribution is 2.37. The number of rotatable bonds is 5. The molecule has 1 aromatic carbocycles. The lowest BCUT2D eigenvalue weighted by Gasteiger charge is -2.33. The summed E-state index contributed by atoms with van der Waals surface area (Å²) in [6.07, 6.45) is -4.71. The van der Waals surface area contributed by atoms with Gasteiger partial charge in [0.25, 0.3) is 11.6 Å². The predicted octanol–water partition coefficient (Wildman–Crippen LogP) is 3.80. The third kappa shape index (κ3) is 4.01. The number of hydrogen-bond acceptors (Lipinski definition) is 6. The number of hydrogen-bond donors (Lipinski definition) is 1. The molecule has 154 valence electrons. The number of methoxy groups -OCH3 is 1. The van der Waals surface area contributed by atoms with Crippen molar-refractivity contribution in [2.24, 2.45) is 5.41 Å². The number of aromatic nitrogens is 4. The second-order valence-corrected chi connectivity index (χ2v) is 7.13. The van der Waals surface area contributed by atoms with Crippen molar-refractivity contribution >= 4 is 17.6 Å². The normalized spacial score (nSPS) is 13.3. The molecule has 0 amide bonds. The first-order valence-corrected chi connectivity index (χ1v) is 8.75. The van der Waals surface area contributed by atoms with Gasteiger partial charge in [-0.25, -0.2) is 4.98 Å². The topological polar surface area (TPSA) is 81.4 Å².